The van der Waals surface area contributed by atoms with Crippen molar-refractivity contribution in [3.63, 3.8) is 0 Å². The van der Waals surface area contributed by atoms with Gasteiger partial charge in [-0.1, -0.05) is 36.4 Å². The van der Waals surface area contributed by atoms with Crippen molar-refractivity contribution in [3.8, 4) is 0 Å². The van der Waals surface area contributed by atoms with Crippen molar-refractivity contribution in [1.29, 1.82) is 0 Å². The van der Waals surface area contributed by atoms with E-state index in [1.165, 1.54) is 0 Å². The second-order valence-electron chi connectivity index (χ2n) is 4.08. The Labute approximate surface area is 123 Å². The van der Waals surface area contributed by atoms with Crippen LogP contribution in [0.5, 0.6) is 0 Å². The van der Waals surface area contributed by atoms with E-state index in [1.54, 1.807) is 11.2 Å². The quantitative estimate of drug-likeness (QED) is 0.532. The lowest BCUT2D eigenvalue weighted by molar-refractivity contribution is 0.474. The number of rotatable bonds is 4. The van der Waals surface area contributed by atoms with Gasteiger partial charge in [-0.2, -0.15) is 5.10 Å². The Morgan fingerprint density at radius 1 is 1.20 bits per heavy atom. The van der Waals surface area contributed by atoms with E-state index in [2.05, 4.69) is 10.1 Å². The number of nitrogens with two attached hydrogens (primary N) is 1. The Bertz CT molecular complexity index is 554. The average molecular weight is 284 g/mol. The number of benzene rings is 1. The molecule has 0 aliphatic heterocycles. The predicted octanol–water partition coefficient (Wildman–Crippen LogP) is 2.40. The van der Waals surface area contributed by atoms with Gasteiger partial charge in [-0.15, -0.1) is 0 Å². The molecule has 0 aliphatic carbocycles. The van der Waals surface area contributed by atoms with Gasteiger partial charge in [0.2, 0.25) is 0 Å². The molecule has 0 atom stereocenters. The first-order valence-electron chi connectivity index (χ1n) is 6.34. The summed E-state index contributed by atoms with van der Waals surface area (Å²) >= 11 is 5.01. The number of hydrazone groups is 1. The summed E-state index contributed by atoms with van der Waals surface area (Å²) in [6, 6.07) is 15.6. The molecule has 1 heterocycles. The van der Waals surface area contributed by atoms with E-state index in [0.717, 1.165) is 17.0 Å². The van der Waals surface area contributed by atoms with Gasteiger partial charge in [0.1, 0.15) is 5.71 Å². The maximum atomic E-state index is 5.68. The van der Waals surface area contributed by atoms with Crippen molar-refractivity contribution in [2.75, 3.05) is 6.54 Å². The summed E-state index contributed by atoms with van der Waals surface area (Å²) in [4.78, 5) is 4.36. The number of nitrogens with zero attached hydrogens (tertiary/aromatic N) is 3. The van der Waals surface area contributed by atoms with E-state index in [1.807, 2.05) is 55.5 Å². The van der Waals surface area contributed by atoms with E-state index in [0.29, 0.717) is 6.54 Å². The van der Waals surface area contributed by atoms with Crippen LogP contribution in [0.2, 0.25) is 0 Å². The van der Waals surface area contributed by atoms with Crippen molar-refractivity contribution >= 4 is 23.0 Å². The lowest BCUT2D eigenvalue weighted by Crippen LogP contribution is -2.32. The summed E-state index contributed by atoms with van der Waals surface area (Å²) < 4.78 is 0. The lowest BCUT2D eigenvalue weighted by atomic mass is 10.1. The molecule has 2 N–H and O–H groups in total. The van der Waals surface area contributed by atoms with Gasteiger partial charge in [-0.3, -0.25) is 4.98 Å². The molecule has 2 rings (SSSR count). The molecule has 0 spiro atoms. The van der Waals surface area contributed by atoms with Crippen LogP contribution in [0.25, 0.3) is 0 Å². The van der Waals surface area contributed by atoms with Gasteiger partial charge in [0.05, 0.1) is 5.69 Å². The average Bonchev–Trinajstić information content (AvgIpc) is 2.50. The van der Waals surface area contributed by atoms with E-state index in [-0.39, 0.29) is 5.11 Å². The molecular weight excluding hydrogens is 268 g/mol. The van der Waals surface area contributed by atoms with Crippen LogP contribution in [0.15, 0.2) is 59.8 Å². The summed E-state index contributed by atoms with van der Waals surface area (Å²) in [5.74, 6) is 0. The zero-order chi connectivity index (χ0) is 14.4. The summed E-state index contributed by atoms with van der Waals surface area (Å²) in [5, 5.41) is 6.39. The maximum Gasteiger partial charge on any atom is 0.186 e. The van der Waals surface area contributed by atoms with Crippen molar-refractivity contribution in [2.24, 2.45) is 10.8 Å². The SMILES string of the molecule is CCN(/N=C(\c1ccccc1)c1ccccn1)C(N)=S. The van der Waals surface area contributed by atoms with Crippen LogP contribution in [-0.2, 0) is 0 Å². The van der Waals surface area contributed by atoms with Gasteiger partial charge in [0.15, 0.2) is 5.11 Å². The summed E-state index contributed by atoms with van der Waals surface area (Å²) in [6.45, 7) is 2.56. The second kappa shape index (κ2) is 6.77. The minimum absolute atomic E-state index is 0.247. The normalized spacial score (nSPS) is 11.2. The molecule has 0 saturated carbocycles. The standard InChI is InChI=1S/C15H16N4S/c1-2-19(15(16)20)18-14(12-8-4-3-5-9-12)13-10-6-7-11-17-13/h3-11H,2H2,1H3,(H2,16,20)/b18-14+. The third-order valence-corrected chi connectivity index (χ3v) is 2.94. The number of hydrogen-bond donors (Lipinski definition) is 1. The molecule has 5 heteroatoms. The molecule has 0 aliphatic rings. The molecule has 1 aromatic carbocycles. The van der Waals surface area contributed by atoms with Crippen LogP contribution in [0.3, 0.4) is 0 Å². The zero-order valence-corrected chi connectivity index (χ0v) is 12.0. The van der Waals surface area contributed by atoms with Crippen LogP contribution in [0.1, 0.15) is 18.2 Å². The second-order valence-corrected chi connectivity index (χ2v) is 4.50. The smallest absolute Gasteiger partial charge is 0.186 e. The van der Waals surface area contributed by atoms with Gasteiger partial charge in [0.25, 0.3) is 0 Å². The Morgan fingerprint density at radius 3 is 2.45 bits per heavy atom. The van der Waals surface area contributed by atoms with Crippen LogP contribution < -0.4 is 5.73 Å². The van der Waals surface area contributed by atoms with Crippen LogP contribution in [0, 0.1) is 0 Å². The molecule has 4 nitrogen and oxygen atoms in total. The Balaban J connectivity index is 2.50. The molecule has 20 heavy (non-hydrogen) atoms. The van der Waals surface area contributed by atoms with Crippen LogP contribution >= 0.6 is 12.2 Å². The topological polar surface area (TPSA) is 54.5 Å². The minimum Gasteiger partial charge on any atom is -0.375 e. The molecule has 0 unspecified atom stereocenters. The fourth-order valence-corrected chi connectivity index (χ4v) is 1.92. The third-order valence-electron chi connectivity index (χ3n) is 2.73. The highest BCUT2D eigenvalue weighted by molar-refractivity contribution is 7.80. The largest absolute Gasteiger partial charge is 0.375 e. The third kappa shape index (κ3) is 3.39. The number of thiocarbonyl (C=S) groups is 1. The fourth-order valence-electron chi connectivity index (χ4n) is 1.75. The highest BCUT2D eigenvalue weighted by Gasteiger charge is 2.11. The van der Waals surface area contributed by atoms with E-state index in [4.69, 9.17) is 18.0 Å². The first-order chi connectivity index (χ1) is 9.72. The van der Waals surface area contributed by atoms with E-state index >= 15 is 0 Å². The molecule has 0 radical (unpaired) electrons. The van der Waals surface area contributed by atoms with Crippen molar-refractivity contribution < 1.29 is 0 Å². The van der Waals surface area contributed by atoms with Crippen LogP contribution in [0.4, 0.5) is 0 Å². The molecule has 0 bridgehead atoms. The van der Waals surface area contributed by atoms with Crippen molar-refractivity contribution in [1.82, 2.24) is 9.99 Å². The highest BCUT2D eigenvalue weighted by atomic mass is 32.1. The monoisotopic (exact) mass is 284 g/mol. The number of hydrogen-bond acceptors (Lipinski definition) is 3. The fraction of sp³-hybridized carbons (Fsp3) is 0.133. The van der Waals surface area contributed by atoms with Crippen LogP contribution in [-0.4, -0.2) is 27.4 Å². The number of pyridine rings is 1. The summed E-state index contributed by atoms with van der Waals surface area (Å²) in [6.07, 6.45) is 1.74. The summed E-state index contributed by atoms with van der Waals surface area (Å²) in [5.41, 5.74) is 8.19. The van der Waals surface area contributed by atoms with E-state index < -0.39 is 0 Å². The van der Waals surface area contributed by atoms with Gasteiger partial charge in [-0.25, -0.2) is 5.01 Å². The van der Waals surface area contributed by atoms with Gasteiger partial charge < -0.3 is 5.73 Å². The minimum atomic E-state index is 0.247. The first-order valence-corrected chi connectivity index (χ1v) is 6.75. The van der Waals surface area contributed by atoms with Crippen molar-refractivity contribution in [2.45, 2.75) is 6.92 Å². The molecule has 0 saturated heterocycles. The van der Waals surface area contributed by atoms with Gasteiger partial charge in [-0.05, 0) is 31.3 Å². The Morgan fingerprint density at radius 2 is 1.90 bits per heavy atom. The Hall–Kier alpha value is -2.27. The molecule has 1 aromatic heterocycles. The molecule has 2 aromatic rings. The summed E-state index contributed by atoms with van der Waals surface area (Å²) in [7, 11) is 0. The highest BCUT2D eigenvalue weighted by Crippen LogP contribution is 2.10. The molecule has 102 valence electrons. The van der Waals surface area contributed by atoms with Crippen molar-refractivity contribution in [3.05, 3.63) is 66.0 Å². The molecular formula is C15H16N4S. The van der Waals surface area contributed by atoms with Gasteiger partial charge >= 0.3 is 0 Å². The van der Waals surface area contributed by atoms with E-state index in [9.17, 15) is 0 Å². The molecule has 0 fully saturated rings. The zero-order valence-electron chi connectivity index (χ0n) is 11.2. The molecule has 0 amide bonds. The maximum absolute atomic E-state index is 5.68. The number of aromatic nitrogens is 1. The predicted molar refractivity (Wildman–Crippen MR) is 85.5 cm³/mol. The first kappa shape index (κ1) is 14.1. The van der Waals surface area contributed by atoms with Gasteiger partial charge in [0, 0.05) is 18.3 Å². The lowest BCUT2D eigenvalue weighted by Gasteiger charge is -2.17. The Kier molecular flexibility index (Phi) is 4.79.